The Morgan fingerprint density at radius 1 is 1.34 bits per heavy atom. The molecule has 8 nitrogen and oxygen atoms in total. The average Bonchev–Trinajstić information content (AvgIpc) is 3.41. The highest BCUT2D eigenvalue weighted by atomic mass is 32.1. The number of hydrogen-bond donors (Lipinski definition) is 3. The molecule has 0 bridgehead atoms. The van der Waals surface area contributed by atoms with Crippen LogP contribution < -0.4 is 21.7 Å². The monoisotopic (exact) mass is 415 g/mol. The Balaban J connectivity index is 1.56. The minimum atomic E-state index is -0.285. The molecule has 0 aromatic carbocycles. The molecule has 1 fully saturated rings. The quantitative estimate of drug-likeness (QED) is 0.691. The average molecular weight is 416 g/mol. The summed E-state index contributed by atoms with van der Waals surface area (Å²) >= 11 is 1.39. The fourth-order valence-corrected chi connectivity index (χ4v) is 4.94. The third kappa shape index (κ3) is 4.16. The smallest absolute Gasteiger partial charge is 0.277 e. The van der Waals surface area contributed by atoms with Gasteiger partial charge in [0.2, 0.25) is 0 Å². The Morgan fingerprint density at radius 2 is 2.21 bits per heavy atom. The van der Waals surface area contributed by atoms with Crippen LogP contribution >= 0.6 is 11.3 Å². The van der Waals surface area contributed by atoms with Crippen LogP contribution in [0.3, 0.4) is 0 Å². The number of carbonyl (C=O) groups excluding carboxylic acids is 1. The number of thiazole rings is 1. The first-order valence-corrected chi connectivity index (χ1v) is 11.2. The highest BCUT2D eigenvalue weighted by molar-refractivity contribution is 7.17. The molecule has 0 spiro atoms. The number of nitrogens with zero attached hydrogens (tertiary/aromatic N) is 4. The molecule has 1 amide bonds. The molecule has 1 atom stereocenters. The van der Waals surface area contributed by atoms with Crippen LogP contribution in [0.15, 0.2) is 12.3 Å². The molecule has 1 unspecified atom stereocenters. The molecule has 2 aromatic heterocycles. The van der Waals surface area contributed by atoms with Crippen molar-refractivity contribution in [3.8, 4) is 0 Å². The number of nitrogens with one attached hydrogen (secondary N) is 1. The molecular weight excluding hydrogens is 386 g/mol. The van der Waals surface area contributed by atoms with Crippen molar-refractivity contribution in [1.29, 1.82) is 0 Å². The van der Waals surface area contributed by atoms with Crippen molar-refractivity contribution in [2.75, 3.05) is 29.0 Å². The third-order valence-corrected chi connectivity index (χ3v) is 6.58. The maximum atomic E-state index is 13.0. The predicted molar refractivity (Wildman–Crippen MR) is 118 cm³/mol. The summed E-state index contributed by atoms with van der Waals surface area (Å²) in [5.41, 5.74) is 14.5. The Labute approximate surface area is 175 Å². The zero-order valence-corrected chi connectivity index (χ0v) is 17.7. The van der Waals surface area contributed by atoms with Gasteiger partial charge in [-0.3, -0.25) is 4.79 Å². The highest BCUT2D eigenvalue weighted by Gasteiger charge is 2.24. The van der Waals surface area contributed by atoms with Gasteiger partial charge in [0.15, 0.2) is 11.5 Å². The Hall–Kier alpha value is -2.39. The Morgan fingerprint density at radius 3 is 2.97 bits per heavy atom. The second-order valence-corrected chi connectivity index (χ2v) is 8.71. The molecule has 5 N–H and O–H groups in total. The minimum absolute atomic E-state index is 0.231. The van der Waals surface area contributed by atoms with Gasteiger partial charge < -0.3 is 21.7 Å². The van der Waals surface area contributed by atoms with E-state index < -0.39 is 0 Å². The normalized spacial score (nSPS) is 19.9. The molecule has 156 valence electrons. The van der Waals surface area contributed by atoms with Crippen LogP contribution in [-0.4, -0.2) is 39.8 Å². The first-order chi connectivity index (χ1) is 14.1. The molecule has 0 radical (unpaired) electrons. The molecule has 2 aromatic rings. The van der Waals surface area contributed by atoms with Crippen LogP contribution in [0, 0.1) is 0 Å². The first-order valence-electron chi connectivity index (χ1n) is 10.4. The summed E-state index contributed by atoms with van der Waals surface area (Å²) in [6, 6.07) is 0.231. The summed E-state index contributed by atoms with van der Waals surface area (Å²) in [7, 11) is 0. The van der Waals surface area contributed by atoms with Gasteiger partial charge in [-0.15, -0.1) is 0 Å². The van der Waals surface area contributed by atoms with Crippen LogP contribution in [-0.2, 0) is 6.54 Å². The number of nitrogens with two attached hydrogens (primary N) is 2. The third-order valence-electron chi connectivity index (χ3n) is 5.62. The summed E-state index contributed by atoms with van der Waals surface area (Å²) in [6.45, 7) is 4.53. The lowest BCUT2D eigenvalue weighted by molar-refractivity contribution is 0.102. The predicted octanol–water partition coefficient (Wildman–Crippen LogP) is 3.08. The van der Waals surface area contributed by atoms with E-state index in [4.69, 9.17) is 11.5 Å². The van der Waals surface area contributed by atoms with Crippen LogP contribution in [0.25, 0.3) is 5.57 Å². The molecule has 0 saturated carbocycles. The molecule has 4 rings (SSSR count). The van der Waals surface area contributed by atoms with Crippen molar-refractivity contribution in [1.82, 2.24) is 14.8 Å². The highest BCUT2D eigenvalue weighted by Crippen LogP contribution is 2.34. The number of anilines is 3. The SMILES string of the molecule is CCn1ncc(NC(=O)c2nc(C3=CCCC3)sc2N)c1N1CCCC(N)CC1. The Bertz CT molecular complexity index is 916. The van der Waals surface area contributed by atoms with E-state index in [2.05, 4.69) is 26.4 Å². The van der Waals surface area contributed by atoms with E-state index in [1.165, 1.54) is 16.9 Å². The van der Waals surface area contributed by atoms with E-state index >= 15 is 0 Å². The number of amides is 1. The number of hydrogen-bond acceptors (Lipinski definition) is 7. The molecule has 9 heteroatoms. The summed E-state index contributed by atoms with van der Waals surface area (Å²) in [5.74, 6) is 0.648. The van der Waals surface area contributed by atoms with Crippen molar-refractivity contribution < 1.29 is 4.79 Å². The summed E-state index contributed by atoms with van der Waals surface area (Å²) in [6.07, 6.45) is 10.1. The van der Waals surface area contributed by atoms with Crippen molar-refractivity contribution in [3.63, 3.8) is 0 Å². The van der Waals surface area contributed by atoms with E-state index in [-0.39, 0.29) is 11.9 Å². The number of allylic oxidation sites excluding steroid dienone is 2. The van der Waals surface area contributed by atoms with E-state index in [0.29, 0.717) is 16.4 Å². The molecule has 3 heterocycles. The van der Waals surface area contributed by atoms with E-state index in [9.17, 15) is 4.79 Å². The van der Waals surface area contributed by atoms with E-state index in [1.54, 1.807) is 6.20 Å². The summed E-state index contributed by atoms with van der Waals surface area (Å²) in [4.78, 5) is 19.8. The van der Waals surface area contributed by atoms with Gasteiger partial charge in [-0.25, -0.2) is 9.67 Å². The number of aromatic nitrogens is 3. The van der Waals surface area contributed by atoms with Crippen molar-refractivity contribution >= 4 is 39.3 Å². The van der Waals surface area contributed by atoms with Gasteiger partial charge in [-0.05, 0) is 51.0 Å². The number of rotatable bonds is 5. The molecular formula is C20H29N7OS. The van der Waals surface area contributed by atoms with Gasteiger partial charge in [0.05, 0.1) is 6.20 Å². The van der Waals surface area contributed by atoms with Gasteiger partial charge in [-0.2, -0.15) is 5.10 Å². The van der Waals surface area contributed by atoms with Crippen molar-refractivity contribution in [2.24, 2.45) is 5.73 Å². The molecule has 1 aliphatic heterocycles. The maximum absolute atomic E-state index is 13.0. The van der Waals surface area contributed by atoms with Gasteiger partial charge in [0.1, 0.15) is 15.7 Å². The zero-order valence-electron chi connectivity index (χ0n) is 16.9. The lowest BCUT2D eigenvalue weighted by Gasteiger charge is -2.24. The number of aryl methyl sites for hydroxylation is 1. The second-order valence-electron chi connectivity index (χ2n) is 7.68. The standard InChI is InChI=1S/C20H29N7OS/c1-2-27-20(26-10-5-8-14(21)9-11-26)15(12-23-27)24-18(28)16-17(22)29-19(25-16)13-6-3-4-7-13/h6,12,14H,2-5,7-11,21-22H2,1H3,(H,24,28). The lowest BCUT2D eigenvalue weighted by Crippen LogP contribution is -2.29. The fraction of sp³-hybridized carbons (Fsp3) is 0.550. The molecule has 1 saturated heterocycles. The zero-order chi connectivity index (χ0) is 20.4. The van der Waals surface area contributed by atoms with Gasteiger partial charge >= 0.3 is 0 Å². The summed E-state index contributed by atoms with van der Waals surface area (Å²) < 4.78 is 1.92. The Kier molecular flexibility index (Phi) is 5.86. The van der Waals surface area contributed by atoms with E-state index in [0.717, 1.165) is 69.0 Å². The van der Waals surface area contributed by atoms with Gasteiger partial charge in [0.25, 0.3) is 5.91 Å². The second kappa shape index (κ2) is 8.54. The molecule has 1 aliphatic carbocycles. The van der Waals surface area contributed by atoms with Crippen LogP contribution in [0.5, 0.6) is 0 Å². The van der Waals surface area contributed by atoms with Crippen LogP contribution in [0.4, 0.5) is 16.5 Å². The fourth-order valence-electron chi connectivity index (χ4n) is 4.04. The number of carbonyl (C=O) groups is 1. The molecule has 2 aliphatic rings. The molecule has 29 heavy (non-hydrogen) atoms. The lowest BCUT2D eigenvalue weighted by atomic mass is 10.1. The van der Waals surface area contributed by atoms with Crippen molar-refractivity contribution in [3.05, 3.63) is 23.0 Å². The minimum Gasteiger partial charge on any atom is -0.389 e. The number of nitrogen functional groups attached to an aromatic ring is 1. The summed E-state index contributed by atoms with van der Waals surface area (Å²) in [5, 5.41) is 8.78. The van der Waals surface area contributed by atoms with Crippen LogP contribution in [0.2, 0.25) is 0 Å². The largest absolute Gasteiger partial charge is 0.389 e. The van der Waals surface area contributed by atoms with Crippen molar-refractivity contribution in [2.45, 2.75) is 58.0 Å². The van der Waals surface area contributed by atoms with Gasteiger partial charge in [0, 0.05) is 25.7 Å². The van der Waals surface area contributed by atoms with Gasteiger partial charge in [-0.1, -0.05) is 17.4 Å². The maximum Gasteiger partial charge on any atom is 0.277 e. The van der Waals surface area contributed by atoms with E-state index in [1.807, 2.05) is 11.6 Å². The first kappa shape index (κ1) is 19.9. The van der Waals surface area contributed by atoms with Crippen LogP contribution in [0.1, 0.15) is 60.9 Å². The topological polar surface area (TPSA) is 115 Å².